The Morgan fingerprint density at radius 2 is 1.90 bits per heavy atom. The maximum absolute atomic E-state index is 14.3. The lowest BCUT2D eigenvalue weighted by atomic mass is 10.1. The van der Waals surface area contributed by atoms with Gasteiger partial charge in [-0.3, -0.25) is 14.4 Å². The van der Waals surface area contributed by atoms with E-state index in [1.807, 2.05) is 6.92 Å². The van der Waals surface area contributed by atoms with E-state index in [0.29, 0.717) is 35.1 Å². The largest absolute Gasteiger partial charge is 0.350 e. The van der Waals surface area contributed by atoms with E-state index in [1.165, 1.54) is 13.0 Å². The molecule has 1 aromatic heterocycles. The minimum atomic E-state index is -0.695. The third-order valence-corrected chi connectivity index (χ3v) is 7.65. The number of carbonyl (C=O) groups is 4. The molecule has 1 aliphatic carbocycles. The Labute approximate surface area is 236 Å². The number of urea groups is 1. The van der Waals surface area contributed by atoms with Crippen molar-refractivity contribution >= 4 is 51.8 Å². The lowest BCUT2D eigenvalue weighted by Crippen LogP contribution is -2.46. The summed E-state index contributed by atoms with van der Waals surface area (Å²) in [5.41, 5.74) is 1.90. The van der Waals surface area contributed by atoms with Gasteiger partial charge in [0, 0.05) is 53.0 Å². The normalized spacial score (nSPS) is 18.6. The molecule has 2 fully saturated rings. The highest BCUT2D eigenvalue weighted by molar-refractivity contribution is 6.30. The van der Waals surface area contributed by atoms with Gasteiger partial charge in [0.15, 0.2) is 5.78 Å². The van der Waals surface area contributed by atoms with Crippen LogP contribution in [0.3, 0.4) is 0 Å². The monoisotopic (exact) mass is 567 g/mol. The number of carbonyl (C=O) groups excluding carboxylic acids is 4. The first kappa shape index (κ1) is 27.6. The minimum Gasteiger partial charge on any atom is -0.350 e. The van der Waals surface area contributed by atoms with Gasteiger partial charge in [-0.05, 0) is 56.4 Å². The Balaban J connectivity index is 1.31. The van der Waals surface area contributed by atoms with Gasteiger partial charge in [-0.25, -0.2) is 9.18 Å². The molecular formula is C29H31ClFN5O4. The molecule has 0 bridgehead atoms. The molecule has 40 heavy (non-hydrogen) atoms. The van der Waals surface area contributed by atoms with Crippen LogP contribution in [0.2, 0.25) is 5.02 Å². The standard InChI is InChI=1S/C29H31ClFN5O4/c1-16-10-25(28(39)32-12-18-4-3-5-23(30)27(18)31)36(13-16)26(38)15-35-14-22(17(2)37)21-11-20(8-9-24(21)35)34-29(40)33-19-6-7-19/h3-5,8-9,11,14,16,19,25H,6-7,10,12-13,15H2,1-2H3,(H,32,39)(H2,33,34,40)/t16-,25+/m1/s1. The Bertz CT molecular complexity index is 1500. The molecule has 11 heteroatoms. The van der Waals surface area contributed by atoms with Gasteiger partial charge in [-0.15, -0.1) is 0 Å². The van der Waals surface area contributed by atoms with Crippen LogP contribution in [0.15, 0.2) is 42.6 Å². The summed E-state index contributed by atoms with van der Waals surface area (Å²) >= 11 is 5.85. The first-order chi connectivity index (χ1) is 19.1. The van der Waals surface area contributed by atoms with Crippen LogP contribution in [0.25, 0.3) is 10.9 Å². The number of amides is 4. The fourth-order valence-corrected chi connectivity index (χ4v) is 5.35. The summed E-state index contributed by atoms with van der Waals surface area (Å²) in [5.74, 6) is -1.28. The predicted octanol–water partition coefficient (Wildman–Crippen LogP) is 4.47. The number of ketones is 1. The van der Waals surface area contributed by atoms with Crippen molar-refractivity contribution in [2.24, 2.45) is 5.92 Å². The molecule has 5 rings (SSSR count). The maximum Gasteiger partial charge on any atom is 0.319 e. The summed E-state index contributed by atoms with van der Waals surface area (Å²) in [6.45, 7) is 3.71. The second kappa shape index (κ2) is 11.3. The molecule has 2 heterocycles. The number of nitrogens with one attached hydrogen (secondary N) is 3. The topological polar surface area (TPSA) is 113 Å². The van der Waals surface area contributed by atoms with Gasteiger partial charge in [0.1, 0.15) is 18.4 Å². The summed E-state index contributed by atoms with van der Waals surface area (Å²) < 4.78 is 16.0. The molecule has 2 aromatic carbocycles. The first-order valence-electron chi connectivity index (χ1n) is 13.3. The Kier molecular flexibility index (Phi) is 7.80. The molecule has 0 unspecified atom stereocenters. The number of hydrogen-bond donors (Lipinski definition) is 3. The van der Waals surface area contributed by atoms with Gasteiger partial charge in [0.25, 0.3) is 0 Å². The van der Waals surface area contributed by atoms with Crippen LogP contribution in [0.1, 0.15) is 49.0 Å². The smallest absolute Gasteiger partial charge is 0.319 e. The van der Waals surface area contributed by atoms with Crippen molar-refractivity contribution in [2.75, 3.05) is 11.9 Å². The van der Waals surface area contributed by atoms with Crippen molar-refractivity contribution in [3.05, 3.63) is 64.6 Å². The number of Topliss-reactive ketones (excluding diaryl/α,β-unsaturated/α-hetero) is 1. The molecule has 1 saturated heterocycles. The number of aromatic nitrogens is 1. The van der Waals surface area contributed by atoms with E-state index in [4.69, 9.17) is 11.6 Å². The molecule has 9 nitrogen and oxygen atoms in total. The van der Waals surface area contributed by atoms with Gasteiger partial charge >= 0.3 is 6.03 Å². The van der Waals surface area contributed by atoms with E-state index >= 15 is 0 Å². The van der Waals surface area contributed by atoms with Crippen molar-refractivity contribution in [1.82, 2.24) is 20.1 Å². The maximum atomic E-state index is 14.3. The van der Waals surface area contributed by atoms with E-state index in [1.54, 1.807) is 46.0 Å². The summed E-state index contributed by atoms with van der Waals surface area (Å²) in [6, 6.07) is 9.02. The van der Waals surface area contributed by atoms with Crippen LogP contribution >= 0.6 is 11.6 Å². The Hall–Kier alpha value is -3.92. The van der Waals surface area contributed by atoms with Crippen molar-refractivity contribution < 1.29 is 23.6 Å². The fraction of sp³-hybridized carbons (Fsp3) is 0.379. The second-order valence-corrected chi connectivity index (χ2v) is 11.1. The van der Waals surface area contributed by atoms with E-state index in [9.17, 15) is 23.6 Å². The molecule has 0 spiro atoms. The van der Waals surface area contributed by atoms with Crippen LogP contribution in [-0.4, -0.2) is 51.7 Å². The number of halogens is 2. The Morgan fingerprint density at radius 1 is 1.12 bits per heavy atom. The number of rotatable bonds is 8. The fourth-order valence-electron chi connectivity index (χ4n) is 5.16. The highest BCUT2D eigenvalue weighted by Gasteiger charge is 2.38. The zero-order valence-corrected chi connectivity index (χ0v) is 23.1. The molecule has 210 valence electrons. The van der Waals surface area contributed by atoms with Crippen molar-refractivity contribution in [1.29, 1.82) is 0 Å². The highest BCUT2D eigenvalue weighted by Crippen LogP contribution is 2.28. The van der Waals surface area contributed by atoms with Gasteiger partial charge in [0.05, 0.1) is 5.02 Å². The molecular weight excluding hydrogens is 537 g/mol. The summed E-state index contributed by atoms with van der Waals surface area (Å²) in [5, 5.41) is 9.00. The SMILES string of the molecule is CC(=O)c1cn(CC(=O)N2C[C@H](C)C[C@H]2C(=O)NCc2cccc(Cl)c2F)c2ccc(NC(=O)NC3CC3)cc12. The number of nitrogens with zero attached hydrogens (tertiary/aromatic N) is 2. The van der Waals surface area contributed by atoms with Crippen molar-refractivity contribution in [3.63, 3.8) is 0 Å². The second-order valence-electron chi connectivity index (χ2n) is 10.7. The summed E-state index contributed by atoms with van der Waals surface area (Å²) in [6.07, 6.45) is 4.06. The number of fused-ring (bicyclic) bond motifs is 1. The number of likely N-dealkylation sites (tertiary alicyclic amines) is 1. The molecule has 2 aliphatic rings. The number of benzene rings is 2. The van der Waals surface area contributed by atoms with Gasteiger partial charge in [-0.1, -0.05) is 30.7 Å². The average Bonchev–Trinajstić information content (AvgIpc) is 3.52. The van der Waals surface area contributed by atoms with Gasteiger partial charge in [-0.2, -0.15) is 0 Å². The third-order valence-electron chi connectivity index (χ3n) is 7.35. The van der Waals surface area contributed by atoms with Gasteiger partial charge < -0.3 is 25.4 Å². The van der Waals surface area contributed by atoms with Crippen LogP contribution in [-0.2, 0) is 22.7 Å². The Morgan fingerprint density at radius 3 is 2.62 bits per heavy atom. The zero-order chi connectivity index (χ0) is 28.6. The quantitative estimate of drug-likeness (QED) is 0.349. The minimum absolute atomic E-state index is 0.0219. The first-order valence-corrected chi connectivity index (χ1v) is 13.7. The van der Waals surface area contributed by atoms with E-state index in [0.717, 1.165) is 12.8 Å². The van der Waals surface area contributed by atoms with Crippen LogP contribution in [0.4, 0.5) is 14.9 Å². The number of anilines is 1. The van der Waals surface area contributed by atoms with Crippen LogP contribution in [0, 0.1) is 11.7 Å². The van der Waals surface area contributed by atoms with Crippen molar-refractivity contribution in [3.8, 4) is 0 Å². The lowest BCUT2D eigenvalue weighted by molar-refractivity contribution is -0.138. The van der Waals surface area contributed by atoms with Gasteiger partial charge in [0.2, 0.25) is 11.8 Å². The van der Waals surface area contributed by atoms with Crippen LogP contribution in [0.5, 0.6) is 0 Å². The third kappa shape index (κ3) is 5.96. The molecule has 1 aliphatic heterocycles. The lowest BCUT2D eigenvalue weighted by Gasteiger charge is -2.24. The predicted molar refractivity (Wildman–Crippen MR) is 150 cm³/mol. The van der Waals surface area contributed by atoms with Crippen molar-refractivity contribution in [2.45, 2.75) is 58.3 Å². The molecule has 3 aromatic rings. The zero-order valence-electron chi connectivity index (χ0n) is 22.3. The highest BCUT2D eigenvalue weighted by atomic mass is 35.5. The van der Waals surface area contributed by atoms with E-state index in [-0.39, 0.29) is 59.3 Å². The average molecular weight is 568 g/mol. The molecule has 4 amide bonds. The molecule has 3 N–H and O–H groups in total. The summed E-state index contributed by atoms with van der Waals surface area (Å²) in [4.78, 5) is 52.7. The molecule has 2 atom stereocenters. The van der Waals surface area contributed by atoms with E-state index < -0.39 is 11.9 Å². The molecule has 0 radical (unpaired) electrons. The van der Waals surface area contributed by atoms with Crippen LogP contribution < -0.4 is 16.0 Å². The summed E-state index contributed by atoms with van der Waals surface area (Å²) in [7, 11) is 0. The molecule has 1 saturated carbocycles. The van der Waals surface area contributed by atoms with E-state index in [2.05, 4.69) is 16.0 Å². The number of hydrogen-bond acceptors (Lipinski definition) is 4.